The van der Waals surface area contributed by atoms with Gasteiger partial charge in [-0.05, 0) is 18.8 Å². The van der Waals surface area contributed by atoms with Gasteiger partial charge in [0.25, 0.3) is 0 Å². The highest BCUT2D eigenvalue weighted by molar-refractivity contribution is 5.42. The summed E-state index contributed by atoms with van der Waals surface area (Å²) in [6.45, 7) is 20.7. The number of nitrogens with zero attached hydrogens (tertiary/aromatic N) is 4. The number of aromatic nitrogens is 2. The monoisotopic (exact) mass is 374 g/mol. The first-order chi connectivity index (χ1) is 12.6. The Labute approximate surface area is 165 Å². The van der Waals surface area contributed by atoms with Crippen LogP contribution in [-0.4, -0.2) is 60.8 Å². The molecule has 0 atom stereocenters. The molecular weight excluding hydrogens is 336 g/mol. The fraction of sp³-hybridized carbons (Fsp3) is 0.818. The quantitative estimate of drug-likeness (QED) is 0.808. The normalized spacial score (nSPS) is 20.9. The average Bonchev–Trinajstić information content (AvgIpc) is 2.61. The highest BCUT2D eigenvalue weighted by Crippen LogP contribution is 2.30. The maximum atomic E-state index is 5.48. The number of morpholine rings is 1. The number of rotatable bonds is 3. The number of ether oxygens (including phenoxy) is 1. The Morgan fingerprint density at radius 2 is 1.56 bits per heavy atom. The van der Waals surface area contributed by atoms with E-state index >= 15 is 0 Å². The van der Waals surface area contributed by atoms with E-state index in [2.05, 4.69) is 57.4 Å². The molecule has 2 fully saturated rings. The Morgan fingerprint density at radius 1 is 0.926 bits per heavy atom. The lowest BCUT2D eigenvalue weighted by molar-refractivity contribution is 0.0289. The predicted octanol–water partition coefficient (Wildman–Crippen LogP) is 3.62. The molecular formula is C22H38N4O. The third kappa shape index (κ3) is 5.41. The molecule has 2 aliphatic heterocycles. The van der Waals surface area contributed by atoms with E-state index in [1.54, 1.807) is 0 Å². The molecule has 27 heavy (non-hydrogen) atoms. The molecule has 0 radical (unpaired) electrons. The van der Waals surface area contributed by atoms with Gasteiger partial charge in [0.1, 0.15) is 11.6 Å². The summed E-state index contributed by atoms with van der Waals surface area (Å²) in [5.41, 5.74) is 1.14. The van der Waals surface area contributed by atoms with Crippen LogP contribution in [0.15, 0.2) is 6.07 Å². The smallest absolute Gasteiger partial charge is 0.136 e. The molecule has 3 rings (SSSR count). The van der Waals surface area contributed by atoms with E-state index in [1.807, 2.05) is 0 Å². The van der Waals surface area contributed by atoms with E-state index in [4.69, 9.17) is 14.7 Å². The van der Waals surface area contributed by atoms with Gasteiger partial charge in [-0.3, -0.25) is 4.90 Å². The van der Waals surface area contributed by atoms with Crippen LogP contribution in [0.25, 0.3) is 0 Å². The van der Waals surface area contributed by atoms with Gasteiger partial charge in [0.15, 0.2) is 0 Å². The summed E-state index contributed by atoms with van der Waals surface area (Å²) < 4.78 is 5.48. The molecule has 1 aromatic heterocycles. The van der Waals surface area contributed by atoms with Gasteiger partial charge in [0.05, 0.1) is 18.9 Å². The molecule has 1 aromatic rings. The van der Waals surface area contributed by atoms with E-state index in [-0.39, 0.29) is 10.8 Å². The van der Waals surface area contributed by atoms with Crippen molar-refractivity contribution in [2.24, 2.45) is 5.92 Å². The molecule has 0 N–H and O–H groups in total. The Balaban J connectivity index is 1.69. The fourth-order valence-corrected chi connectivity index (χ4v) is 3.81. The van der Waals surface area contributed by atoms with Crippen LogP contribution in [0.4, 0.5) is 5.82 Å². The second-order valence-electron chi connectivity index (χ2n) is 10.3. The van der Waals surface area contributed by atoms with Crippen LogP contribution in [0.1, 0.15) is 65.9 Å². The van der Waals surface area contributed by atoms with Crippen molar-refractivity contribution in [1.82, 2.24) is 14.9 Å². The fourth-order valence-electron chi connectivity index (χ4n) is 3.81. The van der Waals surface area contributed by atoms with Crippen molar-refractivity contribution in [3.05, 3.63) is 17.6 Å². The van der Waals surface area contributed by atoms with Gasteiger partial charge >= 0.3 is 0 Å². The van der Waals surface area contributed by atoms with Gasteiger partial charge in [-0.2, -0.15) is 0 Å². The molecule has 0 amide bonds. The average molecular weight is 375 g/mol. The molecule has 0 spiro atoms. The third-order valence-corrected chi connectivity index (χ3v) is 5.71. The highest BCUT2D eigenvalue weighted by atomic mass is 16.5. The first-order valence-corrected chi connectivity index (χ1v) is 10.6. The molecule has 2 saturated heterocycles. The summed E-state index contributed by atoms with van der Waals surface area (Å²) in [6, 6.07) is 2.22. The summed E-state index contributed by atoms with van der Waals surface area (Å²) in [5.74, 6) is 2.87. The molecule has 0 saturated carbocycles. The van der Waals surface area contributed by atoms with Gasteiger partial charge in [-0.25, -0.2) is 9.97 Å². The molecule has 0 aromatic carbocycles. The standard InChI is InChI=1S/C22H38N4O/c1-21(2,3)18-15-19(24-20(23-18)22(4,5)6)26-9-7-17(8-10-26)16-25-11-13-27-14-12-25/h15,17H,7-14,16H2,1-6H3. The minimum absolute atomic E-state index is 0.0341. The van der Waals surface area contributed by atoms with Crippen LogP contribution < -0.4 is 4.90 Å². The molecule has 0 unspecified atom stereocenters. The van der Waals surface area contributed by atoms with Crippen molar-refractivity contribution >= 4 is 5.82 Å². The largest absolute Gasteiger partial charge is 0.379 e. The van der Waals surface area contributed by atoms with Crippen molar-refractivity contribution in [3.8, 4) is 0 Å². The Bertz CT molecular complexity index is 586. The lowest BCUT2D eigenvalue weighted by Gasteiger charge is -2.37. The Hall–Kier alpha value is -1.20. The van der Waals surface area contributed by atoms with E-state index in [0.717, 1.165) is 62.6 Å². The van der Waals surface area contributed by atoms with E-state index in [9.17, 15) is 0 Å². The Kier molecular flexibility index (Phi) is 6.11. The summed E-state index contributed by atoms with van der Waals surface area (Å²) in [4.78, 5) is 14.9. The van der Waals surface area contributed by atoms with Gasteiger partial charge in [-0.15, -0.1) is 0 Å². The molecule has 0 aliphatic carbocycles. The van der Waals surface area contributed by atoms with Gasteiger partial charge in [0, 0.05) is 49.6 Å². The first-order valence-electron chi connectivity index (χ1n) is 10.6. The molecule has 0 bridgehead atoms. The van der Waals surface area contributed by atoms with Crippen molar-refractivity contribution in [3.63, 3.8) is 0 Å². The lowest BCUT2D eigenvalue weighted by Crippen LogP contribution is -2.43. The van der Waals surface area contributed by atoms with Crippen molar-refractivity contribution in [2.45, 2.75) is 65.2 Å². The third-order valence-electron chi connectivity index (χ3n) is 5.71. The second kappa shape index (κ2) is 8.04. The summed E-state index contributed by atoms with van der Waals surface area (Å²) in [5, 5.41) is 0. The maximum absolute atomic E-state index is 5.48. The molecule has 152 valence electrons. The number of hydrogen-bond acceptors (Lipinski definition) is 5. The molecule has 2 aliphatic rings. The van der Waals surface area contributed by atoms with Crippen molar-refractivity contribution < 1.29 is 4.74 Å². The van der Waals surface area contributed by atoms with Crippen LogP contribution in [0.5, 0.6) is 0 Å². The first kappa shape index (κ1) is 20.5. The summed E-state index contributed by atoms with van der Waals surface area (Å²) in [7, 11) is 0. The van der Waals surface area contributed by atoms with Crippen LogP contribution >= 0.6 is 0 Å². The van der Waals surface area contributed by atoms with Crippen LogP contribution in [0.3, 0.4) is 0 Å². The summed E-state index contributed by atoms with van der Waals surface area (Å²) in [6.07, 6.45) is 2.49. The minimum atomic E-state index is -0.0370. The zero-order chi connectivity index (χ0) is 19.7. The number of hydrogen-bond donors (Lipinski definition) is 0. The molecule has 3 heterocycles. The van der Waals surface area contributed by atoms with Crippen molar-refractivity contribution in [1.29, 1.82) is 0 Å². The minimum Gasteiger partial charge on any atom is -0.379 e. The lowest BCUT2D eigenvalue weighted by atomic mass is 9.90. The second-order valence-corrected chi connectivity index (χ2v) is 10.3. The van der Waals surface area contributed by atoms with Crippen LogP contribution in [0.2, 0.25) is 0 Å². The van der Waals surface area contributed by atoms with Gasteiger partial charge < -0.3 is 9.64 Å². The Morgan fingerprint density at radius 3 is 2.11 bits per heavy atom. The van der Waals surface area contributed by atoms with E-state index < -0.39 is 0 Å². The van der Waals surface area contributed by atoms with Gasteiger partial charge in [0.2, 0.25) is 0 Å². The predicted molar refractivity (Wildman–Crippen MR) is 112 cm³/mol. The highest BCUT2D eigenvalue weighted by Gasteiger charge is 2.27. The van der Waals surface area contributed by atoms with E-state index in [1.165, 1.54) is 19.4 Å². The molecule has 5 nitrogen and oxygen atoms in total. The maximum Gasteiger partial charge on any atom is 0.136 e. The summed E-state index contributed by atoms with van der Waals surface area (Å²) >= 11 is 0. The zero-order valence-corrected chi connectivity index (χ0v) is 18.2. The molecule has 5 heteroatoms. The van der Waals surface area contributed by atoms with Crippen LogP contribution in [-0.2, 0) is 15.6 Å². The van der Waals surface area contributed by atoms with Crippen molar-refractivity contribution in [2.75, 3.05) is 50.8 Å². The SMILES string of the molecule is CC(C)(C)c1cc(N2CCC(CN3CCOCC3)CC2)nc(C(C)(C)C)n1. The zero-order valence-electron chi connectivity index (χ0n) is 18.2. The van der Waals surface area contributed by atoms with Gasteiger partial charge in [-0.1, -0.05) is 41.5 Å². The number of piperidine rings is 1. The van der Waals surface area contributed by atoms with E-state index in [0.29, 0.717) is 0 Å². The van der Waals surface area contributed by atoms with Crippen LogP contribution in [0, 0.1) is 5.92 Å². The number of anilines is 1. The topological polar surface area (TPSA) is 41.5 Å².